The number of amides is 1. The van der Waals surface area contributed by atoms with Crippen LogP contribution in [0.4, 0.5) is 0 Å². The summed E-state index contributed by atoms with van der Waals surface area (Å²) < 4.78 is 5.73. The number of cyclic esters (lactones) is 1. The molecule has 0 aliphatic carbocycles. The van der Waals surface area contributed by atoms with Gasteiger partial charge >= 0.3 is 27.0 Å². The number of aromatic nitrogens is 2. The van der Waals surface area contributed by atoms with Crippen molar-refractivity contribution in [3.63, 3.8) is 0 Å². The maximum absolute atomic E-state index is 12.9. The standard InChI is InChI=1S/C25H30N5O3S.CH4S.W/c1-14-17-11-25(2,3)13-33-24(32)20-5-4-8-30(29-20)23(31)18(26)10-22-28-21(12-34-22)15-6-7-19(27-14)16(17)9-15;1-2;/h6-7,9,12,18,20,26-27,29H,4-5,8,10-11,13H2,1-3H3;2H,1H3;/q-1;;+2/p-1. The van der Waals surface area contributed by atoms with Crippen molar-refractivity contribution in [3.8, 4) is 11.3 Å². The molecule has 3 N–H and O–H groups in total. The molecular weight excluding hydrogens is 678 g/mol. The number of aromatic amines is 1. The number of nitrogens with zero attached hydrogens (tertiary/aromatic N) is 2. The summed E-state index contributed by atoms with van der Waals surface area (Å²) in [6, 6.07) is 4.71. The van der Waals surface area contributed by atoms with Gasteiger partial charge in [0, 0.05) is 39.5 Å². The summed E-state index contributed by atoms with van der Waals surface area (Å²) in [5.74, 6) is -0.694. The molecular formula is C26H33N5O3S2W. The number of carbonyl (C=O) groups is 2. The Balaban J connectivity index is 0.00000124. The van der Waals surface area contributed by atoms with Crippen LogP contribution in [0.3, 0.4) is 0 Å². The number of hydrogen-bond donors (Lipinski definition) is 2. The molecule has 198 valence electrons. The first-order valence-electron chi connectivity index (χ1n) is 12.1. The maximum Gasteiger partial charge on any atom is 2.00 e. The van der Waals surface area contributed by atoms with E-state index in [-0.39, 0.29) is 51.4 Å². The van der Waals surface area contributed by atoms with E-state index in [4.69, 9.17) is 15.5 Å². The van der Waals surface area contributed by atoms with Crippen molar-refractivity contribution in [2.75, 3.05) is 19.4 Å². The molecule has 2 aliphatic rings. The Labute approximate surface area is 241 Å². The zero-order valence-electron chi connectivity index (χ0n) is 21.6. The number of benzene rings is 1. The molecule has 2 aromatic heterocycles. The smallest absolute Gasteiger partial charge is 0.796 e. The topological polar surface area (TPSA) is 111 Å². The molecule has 0 saturated carbocycles. The number of hydrogen-bond acceptors (Lipinski definition) is 7. The molecule has 2 atom stereocenters. The van der Waals surface area contributed by atoms with Crippen LogP contribution in [-0.4, -0.2) is 58.3 Å². The van der Waals surface area contributed by atoms with Gasteiger partial charge < -0.3 is 28.1 Å². The largest absolute Gasteiger partial charge is 2.00 e. The van der Waals surface area contributed by atoms with Gasteiger partial charge in [0.25, 0.3) is 0 Å². The van der Waals surface area contributed by atoms with E-state index in [2.05, 4.69) is 55.9 Å². The molecule has 3 aromatic rings. The fourth-order valence-corrected chi connectivity index (χ4v) is 5.62. The van der Waals surface area contributed by atoms with Gasteiger partial charge in [-0.25, -0.2) is 10.4 Å². The molecule has 2 aliphatic heterocycles. The summed E-state index contributed by atoms with van der Waals surface area (Å²) in [7, 11) is 0. The van der Waals surface area contributed by atoms with Crippen molar-refractivity contribution < 1.29 is 35.4 Å². The first-order chi connectivity index (χ1) is 17.2. The minimum absolute atomic E-state index is 0. The van der Waals surface area contributed by atoms with Crippen LogP contribution in [0, 0.1) is 12.3 Å². The molecule has 1 amide bonds. The zero-order valence-corrected chi connectivity index (χ0v) is 26.1. The molecule has 5 rings (SSSR count). The second kappa shape index (κ2) is 12.4. The van der Waals surface area contributed by atoms with Crippen molar-refractivity contribution >= 4 is 46.7 Å². The molecule has 11 heteroatoms. The van der Waals surface area contributed by atoms with Crippen molar-refractivity contribution in [2.45, 2.75) is 58.5 Å². The van der Waals surface area contributed by atoms with Crippen LogP contribution in [0.25, 0.3) is 27.9 Å². The number of ether oxygens (including phenoxy) is 1. The predicted octanol–water partition coefficient (Wildman–Crippen LogP) is 4.34. The summed E-state index contributed by atoms with van der Waals surface area (Å²) >= 11 is 5.56. The number of fused-ring (bicyclic) bond motifs is 6. The van der Waals surface area contributed by atoms with Crippen molar-refractivity contribution in [1.29, 1.82) is 0 Å². The fourth-order valence-electron chi connectivity index (χ4n) is 4.77. The number of carbonyl (C=O) groups excluding carboxylic acids is 2. The second-order valence-corrected chi connectivity index (χ2v) is 11.1. The molecule has 0 spiro atoms. The van der Waals surface area contributed by atoms with Gasteiger partial charge in [-0.05, 0) is 56.3 Å². The van der Waals surface area contributed by atoms with E-state index in [0.29, 0.717) is 19.4 Å². The minimum atomic E-state index is -0.986. The Morgan fingerprint density at radius 1 is 1.27 bits per heavy atom. The van der Waals surface area contributed by atoms with E-state index in [1.165, 1.54) is 21.9 Å². The molecule has 2 unspecified atom stereocenters. The van der Waals surface area contributed by atoms with Gasteiger partial charge in [-0.15, -0.1) is 11.3 Å². The Kier molecular flexibility index (Phi) is 10.0. The number of esters is 1. The molecule has 4 heterocycles. The molecule has 8 nitrogen and oxygen atoms in total. The van der Waals surface area contributed by atoms with Crippen molar-refractivity contribution in [2.24, 2.45) is 5.41 Å². The van der Waals surface area contributed by atoms with Gasteiger partial charge in [0.1, 0.15) is 6.04 Å². The SMILES string of the molecule is C[S-].Cc1[nH]c2ccc3cc2c1CC(C)(C)COC(=O)C1CCCN(N1)C(=O)C([NH-])Cc1nc-3cs1.[W+2]. The third kappa shape index (κ3) is 6.66. The first kappa shape index (κ1) is 29.8. The van der Waals surface area contributed by atoms with E-state index < -0.39 is 12.1 Å². The van der Waals surface area contributed by atoms with Crippen LogP contribution in [0.5, 0.6) is 0 Å². The summed E-state index contributed by atoms with van der Waals surface area (Å²) in [4.78, 5) is 34.0. The summed E-state index contributed by atoms with van der Waals surface area (Å²) in [6.07, 6.45) is 3.86. The van der Waals surface area contributed by atoms with Crippen LogP contribution in [0.1, 0.15) is 43.0 Å². The number of hydrazine groups is 1. The third-order valence-corrected chi connectivity index (χ3v) is 7.51. The predicted molar refractivity (Wildman–Crippen MR) is 146 cm³/mol. The zero-order chi connectivity index (χ0) is 26.0. The van der Waals surface area contributed by atoms with E-state index in [0.717, 1.165) is 39.3 Å². The normalized spacial score (nSPS) is 21.8. The Bertz CT molecular complexity index is 1260. The van der Waals surface area contributed by atoms with Crippen LogP contribution < -0.4 is 5.43 Å². The maximum atomic E-state index is 12.9. The van der Waals surface area contributed by atoms with E-state index in [1.54, 1.807) is 6.26 Å². The summed E-state index contributed by atoms with van der Waals surface area (Å²) in [6.45, 7) is 7.03. The Hall–Kier alpha value is -1.71. The molecule has 1 aromatic carbocycles. The van der Waals surface area contributed by atoms with Gasteiger partial charge in [-0.1, -0.05) is 19.9 Å². The van der Waals surface area contributed by atoms with Crippen molar-refractivity contribution in [3.05, 3.63) is 45.6 Å². The quantitative estimate of drug-likeness (QED) is 0.265. The molecule has 6 bridgehead atoms. The summed E-state index contributed by atoms with van der Waals surface area (Å²) in [5, 5.41) is 5.30. The number of H-pyrrole nitrogens is 1. The van der Waals surface area contributed by atoms with Crippen LogP contribution in [0.2, 0.25) is 0 Å². The van der Waals surface area contributed by atoms with Crippen LogP contribution >= 0.6 is 11.3 Å². The number of thiazole rings is 1. The second-order valence-electron chi connectivity index (χ2n) is 10.1. The van der Waals surface area contributed by atoms with Crippen LogP contribution in [0.15, 0.2) is 23.6 Å². The molecule has 0 radical (unpaired) electrons. The minimum Gasteiger partial charge on any atom is -0.796 e. The molecule has 1 fully saturated rings. The average Bonchev–Trinajstić information content (AvgIpc) is 3.46. The number of nitrogens with one attached hydrogen (secondary N) is 3. The monoisotopic (exact) mass is 711 g/mol. The van der Waals surface area contributed by atoms with Gasteiger partial charge in [0.15, 0.2) is 0 Å². The van der Waals surface area contributed by atoms with Gasteiger partial charge in [-0.2, -0.15) is 6.26 Å². The first-order valence-corrected chi connectivity index (χ1v) is 13.8. The van der Waals surface area contributed by atoms with Crippen molar-refractivity contribution in [1.82, 2.24) is 20.4 Å². The van der Waals surface area contributed by atoms with Gasteiger partial charge in [0.2, 0.25) is 5.91 Å². The average molecular weight is 712 g/mol. The summed E-state index contributed by atoms with van der Waals surface area (Å²) in [5.41, 5.74) is 16.4. The van der Waals surface area contributed by atoms with Crippen LogP contribution in [-0.2, 0) is 60.9 Å². The van der Waals surface area contributed by atoms with E-state index >= 15 is 0 Å². The Morgan fingerprint density at radius 3 is 2.78 bits per heavy atom. The third-order valence-electron chi connectivity index (χ3n) is 6.64. The molecule has 37 heavy (non-hydrogen) atoms. The Morgan fingerprint density at radius 2 is 2.03 bits per heavy atom. The number of aryl methyl sites for hydroxylation is 1. The number of rotatable bonds is 0. The van der Waals surface area contributed by atoms with E-state index in [9.17, 15) is 9.59 Å². The van der Waals surface area contributed by atoms with E-state index in [1.807, 2.05) is 11.4 Å². The fraction of sp³-hybridized carbons (Fsp3) is 0.500. The molecule has 1 saturated heterocycles. The van der Waals surface area contributed by atoms with Gasteiger partial charge in [0.05, 0.1) is 17.3 Å². The van der Waals surface area contributed by atoms with Gasteiger partial charge in [-0.3, -0.25) is 14.6 Å².